The maximum atomic E-state index is 5.36. The molecule has 0 amide bonds. The molecule has 42 valence electrons. The molecule has 2 nitrogen and oxygen atoms in total. The van der Waals surface area contributed by atoms with E-state index < -0.39 is 5.69 Å². The first-order valence-electron chi connectivity index (χ1n) is 1.85. The number of methoxy groups -OCH3 is 1. The molecule has 1 atom stereocenters. The van der Waals surface area contributed by atoms with Crippen LogP contribution in [0, 0.1) is 0 Å². The standard InChI is InChI=1S/C4H8ClNO/c1-3-6-4(5)7-2/h3-4,6H,1H2,2H3. The van der Waals surface area contributed by atoms with Crippen LogP contribution in [-0.2, 0) is 4.74 Å². The summed E-state index contributed by atoms with van der Waals surface area (Å²) in [6, 6.07) is 0. The predicted octanol–water partition coefficient (Wildman–Crippen LogP) is 0.888. The van der Waals surface area contributed by atoms with Crippen LogP contribution in [0.4, 0.5) is 0 Å². The fourth-order valence-corrected chi connectivity index (χ4v) is 0.250. The van der Waals surface area contributed by atoms with E-state index in [2.05, 4.69) is 16.6 Å². The van der Waals surface area contributed by atoms with Crippen molar-refractivity contribution in [2.24, 2.45) is 0 Å². The van der Waals surface area contributed by atoms with Crippen molar-refractivity contribution < 1.29 is 4.74 Å². The summed E-state index contributed by atoms with van der Waals surface area (Å²) in [5, 5.41) is 2.60. The Balaban J connectivity index is 2.98. The average molecular weight is 122 g/mol. The third-order valence-corrected chi connectivity index (χ3v) is 0.760. The van der Waals surface area contributed by atoms with E-state index in [1.165, 1.54) is 13.3 Å². The molecule has 0 aromatic rings. The highest BCUT2D eigenvalue weighted by Crippen LogP contribution is 1.87. The summed E-state index contributed by atoms with van der Waals surface area (Å²) in [5.74, 6) is 0. The lowest BCUT2D eigenvalue weighted by Gasteiger charge is -2.03. The van der Waals surface area contributed by atoms with Crippen molar-refractivity contribution in [3.05, 3.63) is 12.8 Å². The predicted molar refractivity (Wildman–Crippen MR) is 30.0 cm³/mol. The monoisotopic (exact) mass is 121 g/mol. The Morgan fingerprint density at radius 2 is 2.57 bits per heavy atom. The van der Waals surface area contributed by atoms with E-state index in [0.29, 0.717) is 0 Å². The molecule has 0 saturated heterocycles. The van der Waals surface area contributed by atoms with Gasteiger partial charge < -0.3 is 10.1 Å². The second-order valence-corrected chi connectivity index (χ2v) is 1.32. The molecular weight excluding hydrogens is 114 g/mol. The van der Waals surface area contributed by atoms with Crippen LogP contribution in [0.2, 0.25) is 0 Å². The summed E-state index contributed by atoms with van der Waals surface area (Å²) in [4.78, 5) is 0. The molecule has 0 aliphatic carbocycles. The maximum Gasteiger partial charge on any atom is 0.204 e. The second-order valence-electron chi connectivity index (χ2n) is 0.923. The molecule has 3 heteroatoms. The van der Waals surface area contributed by atoms with Gasteiger partial charge in [-0.2, -0.15) is 0 Å². The van der Waals surface area contributed by atoms with Gasteiger partial charge in [0.2, 0.25) is 5.69 Å². The number of hydrogen-bond acceptors (Lipinski definition) is 2. The number of alkyl halides is 1. The van der Waals surface area contributed by atoms with Crippen molar-refractivity contribution in [1.29, 1.82) is 0 Å². The van der Waals surface area contributed by atoms with Gasteiger partial charge in [-0.1, -0.05) is 18.2 Å². The van der Waals surface area contributed by atoms with Gasteiger partial charge in [0.05, 0.1) is 0 Å². The molecule has 1 unspecified atom stereocenters. The van der Waals surface area contributed by atoms with Crippen LogP contribution >= 0.6 is 11.6 Å². The van der Waals surface area contributed by atoms with Gasteiger partial charge in [-0.15, -0.1) is 0 Å². The van der Waals surface area contributed by atoms with Crippen LogP contribution in [0.1, 0.15) is 0 Å². The summed E-state index contributed by atoms with van der Waals surface area (Å²) in [7, 11) is 1.51. The van der Waals surface area contributed by atoms with E-state index in [4.69, 9.17) is 11.6 Å². The molecule has 0 aliphatic heterocycles. The Labute approximate surface area is 48.1 Å². The van der Waals surface area contributed by atoms with Crippen molar-refractivity contribution in [3.8, 4) is 0 Å². The minimum atomic E-state index is -0.447. The largest absolute Gasteiger partial charge is 0.354 e. The SMILES string of the molecule is C=CNC(Cl)OC. The molecule has 0 saturated carbocycles. The Kier molecular flexibility index (Phi) is 3.84. The van der Waals surface area contributed by atoms with Crippen molar-refractivity contribution in [2.75, 3.05) is 7.11 Å². The molecule has 0 heterocycles. The topological polar surface area (TPSA) is 21.3 Å². The quantitative estimate of drug-likeness (QED) is 0.340. The van der Waals surface area contributed by atoms with Crippen LogP contribution in [-0.4, -0.2) is 12.8 Å². The highest BCUT2D eigenvalue weighted by atomic mass is 35.5. The number of nitrogens with one attached hydrogen (secondary N) is 1. The van der Waals surface area contributed by atoms with Gasteiger partial charge >= 0.3 is 0 Å². The lowest BCUT2D eigenvalue weighted by atomic mass is 11.0. The van der Waals surface area contributed by atoms with Gasteiger partial charge in [0, 0.05) is 7.11 Å². The molecule has 0 bridgehead atoms. The molecule has 0 rings (SSSR count). The number of hydrogen-bond donors (Lipinski definition) is 1. The summed E-state index contributed by atoms with van der Waals surface area (Å²) >= 11 is 5.36. The minimum Gasteiger partial charge on any atom is -0.354 e. The summed E-state index contributed by atoms with van der Waals surface area (Å²) in [5.41, 5.74) is -0.447. The van der Waals surface area contributed by atoms with Gasteiger partial charge in [-0.3, -0.25) is 0 Å². The molecular formula is C4H8ClNO. The highest BCUT2D eigenvalue weighted by molar-refractivity contribution is 6.19. The molecule has 0 aliphatic rings. The molecule has 0 radical (unpaired) electrons. The number of rotatable bonds is 3. The van der Waals surface area contributed by atoms with E-state index in [1.807, 2.05) is 0 Å². The fourth-order valence-electron chi connectivity index (χ4n) is 0.161. The van der Waals surface area contributed by atoms with E-state index >= 15 is 0 Å². The van der Waals surface area contributed by atoms with Crippen LogP contribution in [0.3, 0.4) is 0 Å². The Morgan fingerprint density at radius 1 is 2.00 bits per heavy atom. The van der Waals surface area contributed by atoms with Crippen LogP contribution < -0.4 is 5.32 Å². The van der Waals surface area contributed by atoms with Crippen molar-refractivity contribution >= 4 is 11.6 Å². The third kappa shape index (κ3) is 3.62. The zero-order valence-corrected chi connectivity index (χ0v) is 4.90. The van der Waals surface area contributed by atoms with E-state index in [9.17, 15) is 0 Å². The van der Waals surface area contributed by atoms with Gasteiger partial charge in [-0.25, -0.2) is 0 Å². The van der Waals surface area contributed by atoms with Gasteiger partial charge in [0.1, 0.15) is 0 Å². The first kappa shape index (κ1) is 6.79. The van der Waals surface area contributed by atoms with E-state index in [0.717, 1.165) is 0 Å². The zero-order chi connectivity index (χ0) is 5.70. The van der Waals surface area contributed by atoms with Gasteiger partial charge in [0.25, 0.3) is 0 Å². The van der Waals surface area contributed by atoms with Crippen LogP contribution in [0.25, 0.3) is 0 Å². The first-order chi connectivity index (χ1) is 3.31. The minimum absolute atomic E-state index is 0.447. The maximum absolute atomic E-state index is 5.36. The Hall–Kier alpha value is -0.210. The molecule has 7 heavy (non-hydrogen) atoms. The van der Waals surface area contributed by atoms with Crippen LogP contribution in [0.15, 0.2) is 12.8 Å². The molecule has 0 aromatic carbocycles. The number of ether oxygens (including phenoxy) is 1. The zero-order valence-electron chi connectivity index (χ0n) is 4.15. The molecule has 0 aromatic heterocycles. The van der Waals surface area contributed by atoms with E-state index in [-0.39, 0.29) is 0 Å². The molecule has 0 spiro atoms. The lowest BCUT2D eigenvalue weighted by molar-refractivity contribution is 0.152. The summed E-state index contributed by atoms with van der Waals surface area (Å²) < 4.78 is 4.57. The van der Waals surface area contributed by atoms with E-state index in [1.54, 1.807) is 0 Å². The lowest BCUT2D eigenvalue weighted by Crippen LogP contribution is -2.18. The van der Waals surface area contributed by atoms with Gasteiger partial charge in [0.15, 0.2) is 0 Å². The highest BCUT2D eigenvalue weighted by Gasteiger charge is 1.90. The van der Waals surface area contributed by atoms with Crippen molar-refractivity contribution in [3.63, 3.8) is 0 Å². The third-order valence-electron chi connectivity index (χ3n) is 0.456. The smallest absolute Gasteiger partial charge is 0.204 e. The summed E-state index contributed by atoms with van der Waals surface area (Å²) in [6.45, 7) is 3.37. The molecule has 0 fully saturated rings. The van der Waals surface area contributed by atoms with Crippen LogP contribution in [0.5, 0.6) is 0 Å². The normalized spacial score (nSPS) is 12.9. The molecule has 1 N–H and O–H groups in total. The summed E-state index contributed by atoms with van der Waals surface area (Å²) in [6.07, 6.45) is 1.47. The number of halogens is 1. The Morgan fingerprint density at radius 3 is 2.71 bits per heavy atom. The van der Waals surface area contributed by atoms with Crippen molar-refractivity contribution in [1.82, 2.24) is 5.32 Å². The first-order valence-corrected chi connectivity index (χ1v) is 2.28. The fraction of sp³-hybridized carbons (Fsp3) is 0.500. The van der Waals surface area contributed by atoms with Gasteiger partial charge in [-0.05, 0) is 6.20 Å². The Bertz CT molecular complexity index is 57.7. The van der Waals surface area contributed by atoms with Crippen molar-refractivity contribution in [2.45, 2.75) is 5.69 Å². The average Bonchev–Trinajstić information content (AvgIpc) is 1.68. The second kappa shape index (κ2) is 3.96.